The molecule has 1 N–H and O–H groups in total. The fraction of sp³-hybridized carbons (Fsp3) is 0.333. The summed E-state index contributed by atoms with van der Waals surface area (Å²) in [6, 6.07) is 9.09. The van der Waals surface area contributed by atoms with Crippen LogP contribution < -0.4 is 5.32 Å². The normalized spacial score (nSPS) is 14.5. The minimum Gasteiger partial charge on any atom is -0.464 e. The van der Waals surface area contributed by atoms with Crippen molar-refractivity contribution < 1.29 is 23.9 Å². The van der Waals surface area contributed by atoms with Crippen molar-refractivity contribution in [1.29, 1.82) is 0 Å². The number of amides is 1. The van der Waals surface area contributed by atoms with Crippen molar-refractivity contribution in [2.24, 2.45) is 0 Å². The maximum atomic E-state index is 12.6. The number of thiazole rings is 1. The van der Waals surface area contributed by atoms with Crippen molar-refractivity contribution in [3.05, 3.63) is 46.3 Å². The molecule has 2 aromatic heterocycles. The van der Waals surface area contributed by atoms with E-state index in [1.54, 1.807) is 11.4 Å². The lowest BCUT2D eigenvalue weighted by molar-refractivity contribution is -0.143. The first-order valence-electron chi connectivity index (χ1n) is 9.83. The van der Waals surface area contributed by atoms with E-state index in [9.17, 15) is 14.4 Å². The zero-order valence-corrected chi connectivity index (χ0v) is 18.3. The fourth-order valence-electron chi connectivity index (χ4n) is 3.14. The second-order valence-corrected chi connectivity index (χ2v) is 8.83. The topological polar surface area (TPSA) is 97.8 Å². The summed E-state index contributed by atoms with van der Waals surface area (Å²) in [4.78, 5) is 43.7. The molecule has 1 amide bonds. The fourth-order valence-corrected chi connectivity index (χ4v) is 4.80. The second kappa shape index (κ2) is 10.1. The lowest BCUT2D eigenvalue weighted by Gasteiger charge is -2.26. The third-order valence-electron chi connectivity index (χ3n) is 4.76. The minimum atomic E-state index is -0.576. The number of carbonyl (C=O) groups excluding carboxylic acids is 3. The van der Waals surface area contributed by atoms with Gasteiger partial charge in [-0.05, 0) is 23.6 Å². The van der Waals surface area contributed by atoms with Crippen LogP contribution in [0.1, 0.15) is 26.6 Å². The Kier molecular flexibility index (Phi) is 7.03. The maximum absolute atomic E-state index is 12.6. The molecule has 4 rings (SSSR count). The highest BCUT2D eigenvalue weighted by Gasteiger charge is 2.21. The maximum Gasteiger partial charge on any atom is 0.313 e. The number of carbonyl (C=O) groups is 3. The van der Waals surface area contributed by atoms with E-state index < -0.39 is 11.8 Å². The number of nitrogens with one attached hydrogen (secondary N) is 1. The predicted molar refractivity (Wildman–Crippen MR) is 119 cm³/mol. The number of esters is 1. The largest absolute Gasteiger partial charge is 0.464 e. The number of Topliss-reactive ketones (excluding diaryl/α,β-unsaturated/α-hetero) is 1. The van der Waals surface area contributed by atoms with E-state index in [1.807, 2.05) is 24.3 Å². The molecule has 0 unspecified atom stereocenters. The van der Waals surface area contributed by atoms with Gasteiger partial charge in [0.15, 0.2) is 10.8 Å². The molecule has 0 aliphatic carbocycles. The first-order valence-corrected chi connectivity index (χ1v) is 11.5. The number of hydrogen-bond donors (Lipinski definition) is 1. The average Bonchev–Trinajstić information content (AvgIpc) is 3.41. The second-order valence-electron chi connectivity index (χ2n) is 6.88. The number of ether oxygens (including phenoxy) is 2. The molecular formula is C21H21N3O5S2. The van der Waals surface area contributed by atoms with Gasteiger partial charge in [0.25, 0.3) is 5.91 Å². The van der Waals surface area contributed by atoms with E-state index in [-0.39, 0.29) is 18.9 Å². The monoisotopic (exact) mass is 459 g/mol. The number of para-hydroxylation sites is 1. The molecule has 31 heavy (non-hydrogen) atoms. The third-order valence-corrected chi connectivity index (χ3v) is 6.62. The van der Waals surface area contributed by atoms with Gasteiger partial charge in [-0.1, -0.05) is 12.1 Å². The van der Waals surface area contributed by atoms with Gasteiger partial charge < -0.3 is 14.8 Å². The van der Waals surface area contributed by atoms with Crippen LogP contribution in [0.2, 0.25) is 0 Å². The zero-order valence-electron chi connectivity index (χ0n) is 16.7. The Labute approximate surface area is 186 Å². The number of thiophene rings is 1. The van der Waals surface area contributed by atoms with E-state index >= 15 is 0 Å². The van der Waals surface area contributed by atoms with E-state index in [4.69, 9.17) is 9.47 Å². The Balaban J connectivity index is 1.31. The molecular weight excluding hydrogens is 438 g/mol. The van der Waals surface area contributed by atoms with Crippen LogP contribution in [-0.2, 0) is 14.3 Å². The molecule has 1 aliphatic heterocycles. The van der Waals surface area contributed by atoms with Crippen molar-refractivity contribution >= 4 is 55.6 Å². The third kappa shape index (κ3) is 5.53. The molecule has 1 aliphatic rings. The van der Waals surface area contributed by atoms with Gasteiger partial charge in [0, 0.05) is 19.6 Å². The molecule has 1 aromatic carbocycles. The smallest absolute Gasteiger partial charge is 0.313 e. The summed E-state index contributed by atoms with van der Waals surface area (Å²) in [5, 5.41) is 5.16. The molecule has 0 spiro atoms. The van der Waals surface area contributed by atoms with Crippen LogP contribution in [0.15, 0.2) is 35.7 Å². The minimum absolute atomic E-state index is 0.233. The number of morpholine rings is 1. The molecule has 0 saturated carbocycles. The molecule has 10 heteroatoms. The van der Waals surface area contributed by atoms with Crippen molar-refractivity contribution in [3.63, 3.8) is 0 Å². The van der Waals surface area contributed by atoms with Crippen molar-refractivity contribution in [2.45, 2.75) is 6.42 Å². The van der Waals surface area contributed by atoms with Gasteiger partial charge >= 0.3 is 5.97 Å². The number of anilines is 1. The number of rotatable bonds is 8. The quantitative estimate of drug-likeness (QED) is 0.314. The van der Waals surface area contributed by atoms with Crippen LogP contribution in [0, 0.1) is 0 Å². The first kappa shape index (κ1) is 21.6. The first-order chi connectivity index (χ1) is 15.1. The molecule has 3 heterocycles. The Hall–Kier alpha value is -2.66. The van der Waals surface area contributed by atoms with Gasteiger partial charge in [0.1, 0.15) is 18.0 Å². The van der Waals surface area contributed by atoms with Crippen molar-refractivity contribution in [3.8, 4) is 0 Å². The summed E-state index contributed by atoms with van der Waals surface area (Å²) >= 11 is 2.51. The van der Waals surface area contributed by atoms with E-state index in [1.165, 1.54) is 22.7 Å². The highest BCUT2D eigenvalue weighted by Crippen LogP contribution is 2.27. The van der Waals surface area contributed by atoms with Crippen LogP contribution in [0.5, 0.6) is 0 Å². The lowest BCUT2D eigenvalue weighted by atomic mass is 10.1. The molecule has 0 radical (unpaired) electrons. The standard InChI is InChI=1S/C21H21N3O5S2/c25-16(13-18(26)29-11-8-24-6-9-28-10-7-24)14-5-12-30-20(14)23-19(27)21-22-15-3-1-2-4-17(15)31-21/h1-5,12H,6-11,13H2,(H,23,27). The molecule has 1 saturated heterocycles. The number of nitrogens with zero attached hydrogens (tertiary/aromatic N) is 2. The van der Waals surface area contributed by atoms with E-state index in [0.29, 0.717) is 35.3 Å². The SMILES string of the molecule is O=C(CC(=O)c1ccsc1NC(=O)c1nc2ccccc2s1)OCCN1CCOCC1. The highest BCUT2D eigenvalue weighted by atomic mass is 32.1. The van der Waals surface area contributed by atoms with Crippen LogP contribution in [0.25, 0.3) is 10.2 Å². The number of fused-ring (bicyclic) bond motifs is 1. The number of hydrogen-bond acceptors (Lipinski definition) is 9. The molecule has 162 valence electrons. The van der Waals surface area contributed by atoms with Crippen LogP contribution in [-0.4, -0.2) is 67.0 Å². The average molecular weight is 460 g/mol. The van der Waals surface area contributed by atoms with Gasteiger partial charge in [0.05, 0.1) is 29.0 Å². The van der Waals surface area contributed by atoms with Crippen LogP contribution in [0.3, 0.4) is 0 Å². The van der Waals surface area contributed by atoms with Gasteiger partial charge in [-0.3, -0.25) is 19.3 Å². The summed E-state index contributed by atoms with van der Waals surface area (Å²) in [5.74, 6) is -1.35. The molecule has 1 fully saturated rings. The zero-order chi connectivity index (χ0) is 21.6. The van der Waals surface area contributed by atoms with Crippen molar-refractivity contribution in [1.82, 2.24) is 9.88 Å². The summed E-state index contributed by atoms with van der Waals surface area (Å²) in [6.45, 7) is 3.82. The summed E-state index contributed by atoms with van der Waals surface area (Å²) in [7, 11) is 0. The highest BCUT2D eigenvalue weighted by molar-refractivity contribution is 7.20. The predicted octanol–water partition coefficient (Wildman–Crippen LogP) is 3.06. The van der Waals surface area contributed by atoms with Crippen molar-refractivity contribution in [2.75, 3.05) is 44.8 Å². The Morgan fingerprint density at radius 2 is 1.97 bits per heavy atom. The molecule has 8 nitrogen and oxygen atoms in total. The molecule has 0 bridgehead atoms. The van der Waals surface area contributed by atoms with Gasteiger partial charge in [-0.15, -0.1) is 22.7 Å². The number of aromatic nitrogens is 1. The van der Waals surface area contributed by atoms with Crippen LogP contribution >= 0.6 is 22.7 Å². The van der Waals surface area contributed by atoms with Crippen LogP contribution in [0.4, 0.5) is 5.00 Å². The number of ketones is 1. The van der Waals surface area contributed by atoms with Gasteiger partial charge in [-0.2, -0.15) is 0 Å². The Morgan fingerprint density at radius 3 is 2.77 bits per heavy atom. The van der Waals surface area contributed by atoms with Gasteiger partial charge in [-0.25, -0.2) is 4.98 Å². The molecule has 0 atom stereocenters. The number of benzene rings is 1. The Bertz CT molecular complexity index is 1050. The summed E-state index contributed by atoms with van der Waals surface area (Å²) < 4.78 is 11.4. The summed E-state index contributed by atoms with van der Waals surface area (Å²) in [6.07, 6.45) is -0.371. The lowest BCUT2D eigenvalue weighted by Crippen LogP contribution is -2.38. The van der Waals surface area contributed by atoms with Gasteiger partial charge in [0.2, 0.25) is 0 Å². The van der Waals surface area contributed by atoms with E-state index in [0.717, 1.165) is 23.3 Å². The Morgan fingerprint density at radius 1 is 1.16 bits per heavy atom. The molecule has 3 aromatic rings. The summed E-state index contributed by atoms with van der Waals surface area (Å²) in [5.41, 5.74) is 1.05. The van der Waals surface area contributed by atoms with E-state index in [2.05, 4.69) is 15.2 Å².